The van der Waals surface area contributed by atoms with E-state index in [1.165, 1.54) is 6.33 Å². The van der Waals surface area contributed by atoms with Gasteiger partial charge < -0.3 is 10.1 Å². The number of hydrogen-bond donors (Lipinski definition) is 1. The molecular weight excluding hydrogens is 310 g/mol. The summed E-state index contributed by atoms with van der Waals surface area (Å²) in [6.45, 7) is 0.384. The fourth-order valence-electron chi connectivity index (χ4n) is 2.23. The SMILES string of the molecule is COCc1cc(Nc2cnn(-c3ncccn3)c2)n2ncnc2n1. The Morgan fingerprint density at radius 1 is 1.17 bits per heavy atom. The van der Waals surface area contributed by atoms with E-state index in [2.05, 4.69) is 35.5 Å². The molecule has 0 unspecified atom stereocenters. The molecule has 0 aliphatic heterocycles. The average Bonchev–Trinajstić information content (AvgIpc) is 3.25. The molecule has 4 heterocycles. The van der Waals surface area contributed by atoms with Gasteiger partial charge in [-0.15, -0.1) is 0 Å². The zero-order chi connectivity index (χ0) is 16.4. The Morgan fingerprint density at radius 3 is 2.88 bits per heavy atom. The van der Waals surface area contributed by atoms with Crippen LogP contribution < -0.4 is 5.32 Å². The number of nitrogens with zero attached hydrogens (tertiary/aromatic N) is 8. The van der Waals surface area contributed by atoms with Gasteiger partial charge in [-0.2, -0.15) is 19.7 Å². The molecule has 0 aliphatic carbocycles. The van der Waals surface area contributed by atoms with E-state index >= 15 is 0 Å². The smallest absolute Gasteiger partial charge is 0.254 e. The lowest BCUT2D eigenvalue weighted by Gasteiger charge is -2.07. The van der Waals surface area contributed by atoms with Gasteiger partial charge in [-0.3, -0.25) is 0 Å². The van der Waals surface area contributed by atoms with Gasteiger partial charge in [-0.1, -0.05) is 0 Å². The number of anilines is 2. The third kappa shape index (κ3) is 2.65. The number of hydrogen-bond acceptors (Lipinski definition) is 8. The molecular formula is C14H13N9O. The van der Waals surface area contributed by atoms with Crippen LogP contribution in [0.15, 0.2) is 43.2 Å². The zero-order valence-corrected chi connectivity index (χ0v) is 12.7. The second-order valence-corrected chi connectivity index (χ2v) is 4.88. The van der Waals surface area contributed by atoms with Crippen molar-refractivity contribution in [2.45, 2.75) is 6.61 Å². The molecule has 120 valence electrons. The van der Waals surface area contributed by atoms with Gasteiger partial charge in [0.05, 0.1) is 30.4 Å². The highest BCUT2D eigenvalue weighted by Gasteiger charge is 2.09. The third-order valence-corrected chi connectivity index (χ3v) is 3.21. The Bertz CT molecular complexity index is 963. The Kier molecular flexibility index (Phi) is 3.56. The summed E-state index contributed by atoms with van der Waals surface area (Å²) in [7, 11) is 1.62. The second kappa shape index (κ2) is 6.01. The van der Waals surface area contributed by atoms with Gasteiger partial charge in [0.25, 0.3) is 5.78 Å². The lowest BCUT2D eigenvalue weighted by atomic mass is 10.4. The van der Waals surface area contributed by atoms with Gasteiger partial charge in [0.1, 0.15) is 12.1 Å². The third-order valence-electron chi connectivity index (χ3n) is 3.21. The Labute approximate surface area is 136 Å². The van der Waals surface area contributed by atoms with Crippen molar-refractivity contribution in [3.63, 3.8) is 0 Å². The van der Waals surface area contributed by atoms with Crippen LogP contribution in [-0.2, 0) is 11.3 Å². The van der Waals surface area contributed by atoms with E-state index < -0.39 is 0 Å². The van der Waals surface area contributed by atoms with Crippen molar-refractivity contribution < 1.29 is 4.74 Å². The van der Waals surface area contributed by atoms with Gasteiger partial charge in [0, 0.05) is 25.6 Å². The van der Waals surface area contributed by atoms with Gasteiger partial charge in [-0.05, 0) is 6.07 Å². The fraction of sp³-hybridized carbons (Fsp3) is 0.143. The van der Waals surface area contributed by atoms with Gasteiger partial charge in [-0.25, -0.2) is 19.6 Å². The van der Waals surface area contributed by atoms with E-state index in [1.807, 2.05) is 6.07 Å². The van der Waals surface area contributed by atoms with Gasteiger partial charge >= 0.3 is 0 Å². The minimum Gasteiger partial charge on any atom is -0.378 e. The zero-order valence-electron chi connectivity index (χ0n) is 12.7. The van der Waals surface area contributed by atoms with Gasteiger partial charge in [0.15, 0.2) is 0 Å². The summed E-state index contributed by atoms with van der Waals surface area (Å²) in [5.41, 5.74) is 1.51. The van der Waals surface area contributed by atoms with Crippen LogP contribution >= 0.6 is 0 Å². The molecule has 1 N–H and O–H groups in total. The maximum Gasteiger partial charge on any atom is 0.254 e. The van der Waals surface area contributed by atoms with E-state index in [9.17, 15) is 0 Å². The standard InChI is InChI=1S/C14H13N9O/c1-24-8-10-5-12(23-14(21-10)17-9-19-23)20-11-6-18-22(7-11)13-15-3-2-4-16-13/h2-7,9,20H,8H2,1H3. The van der Waals surface area contributed by atoms with Crippen LogP contribution in [0, 0.1) is 0 Å². The predicted octanol–water partition coefficient (Wildman–Crippen LogP) is 0.990. The summed E-state index contributed by atoms with van der Waals surface area (Å²) in [5.74, 6) is 1.69. The second-order valence-electron chi connectivity index (χ2n) is 4.88. The summed E-state index contributed by atoms with van der Waals surface area (Å²) >= 11 is 0. The van der Waals surface area contributed by atoms with Crippen LogP contribution in [0.4, 0.5) is 11.5 Å². The number of aromatic nitrogens is 8. The Hall–Kier alpha value is -3.40. The minimum absolute atomic E-state index is 0.384. The van der Waals surface area contributed by atoms with E-state index in [0.717, 1.165) is 11.4 Å². The molecule has 0 saturated carbocycles. The number of rotatable bonds is 5. The number of fused-ring (bicyclic) bond motifs is 1. The van der Waals surface area contributed by atoms with E-state index in [4.69, 9.17) is 4.74 Å². The molecule has 4 aromatic rings. The van der Waals surface area contributed by atoms with Crippen molar-refractivity contribution in [3.8, 4) is 5.95 Å². The van der Waals surface area contributed by atoms with Crippen molar-refractivity contribution in [2.75, 3.05) is 12.4 Å². The molecule has 10 nitrogen and oxygen atoms in total. The number of nitrogens with one attached hydrogen (secondary N) is 1. The molecule has 0 spiro atoms. The molecule has 0 bridgehead atoms. The monoisotopic (exact) mass is 323 g/mol. The first-order valence-corrected chi connectivity index (χ1v) is 7.11. The van der Waals surface area contributed by atoms with Crippen molar-refractivity contribution in [3.05, 3.63) is 48.9 Å². The highest BCUT2D eigenvalue weighted by molar-refractivity contribution is 5.57. The lowest BCUT2D eigenvalue weighted by Crippen LogP contribution is -2.04. The molecule has 0 saturated heterocycles. The molecule has 4 aromatic heterocycles. The topological polar surface area (TPSA) is 108 Å². The molecule has 0 fully saturated rings. The molecule has 0 radical (unpaired) electrons. The molecule has 0 aliphatic rings. The summed E-state index contributed by atoms with van der Waals surface area (Å²) < 4.78 is 8.33. The van der Waals surface area contributed by atoms with Crippen LogP contribution in [0.3, 0.4) is 0 Å². The summed E-state index contributed by atoms with van der Waals surface area (Å²) in [6.07, 6.45) is 8.24. The van der Waals surface area contributed by atoms with Gasteiger partial charge in [0.2, 0.25) is 5.95 Å². The molecule has 0 amide bonds. The van der Waals surface area contributed by atoms with Crippen LogP contribution in [0.2, 0.25) is 0 Å². The average molecular weight is 323 g/mol. The van der Waals surface area contributed by atoms with Crippen LogP contribution in [0.25, 0.3) is 11.7 Å². The van der Waals surface area contributed by atoms with E-state index in [1.54, 1.807) is 47.2 Å². The first-order chi connectivity index (χ1) is 11.8. The van der Waals surface area contributed by atoms with Crippen molar-refractivity contribution in [1.29, 1.82) is 0 Å². The molecule has 4 rings (SSSR count). The number of methoxy groups -OCH3 is 1. The molecule has 10 heteroatoms. The predicted molar refractivity (Wildman–Crippen MR) is 83.9 cm³/mol. The number of ether oxygens (including phenoxy) is 1. The Balaban J connectivity index is 1.67. The van der Waals surface area contributed by atoms with Crippen LogP contribution in [-0.4, -0.2) is 46.4 Å². The normalized spacial score (nSPS) is 11.0. The highest BCUT2D eigenvalue weighted by atomic mass is 16.5. The fourth-order valence-corrected chi connectivity index (χ4v) is 2.23. The summed E-state index contributed by atoms with van der Waals surface area (Å²) in [4.78, 5) is 16.8. The minimum atomic E-state index is 0.384. The Morgan fingerprint density at radius 2 is 2.04 bits per heavy atom. The van der Waals surface area contributed by atoms with Crippen LogP contribution in [0.5, 0.6) is 0 Å². The van der Waals surface area contributed by atoms with E-state index in [-0.39, 0.29) is 0 Å². The molecule has 24 heavy (non-hydrogen) atoms. The van der Waals surface area contributed by atoms with Crippen LogP contribution in [0.1, 0.15) is 5.69 Å². The summed E-state index contributed by atoms with van der Waals surface area (Å²) in [5, 5.41) is 11.7. The lowest BCUT2D eigenvalue weighted by molar-refractivity contribution is 0.181. The first kappa shape index (κ1) is 14.2. The molecule has 0 atom stereocenters. The van der Waals surface area contributed by atoms with Crippen molar-refractivity contribution in [2.24, 2.45) is 0 Å². The van der Waals surface area contributed by atoms with E-state index in [0.29, 0.717) is 24.2 Å². The highest BCUT2D eigenvalue weighted by Crippen LogP contribution is 2.18. The van der Waals surface area contributed by atoms with Crippen molar-refractivity contribution >= 4 is 17.3 Å². The van der Waals surface area contributed by atoms with Crippen molar-refractivity contribution in [1.82, 2.24) is 39.3 Å². The maximum atomic E-state index is 5.14. The molecule has 0 aromatic carbocycles. The first-order valence-electron chi connectivity index (χ1n) is 7.11. The maximum absolute atomic E-state index is 5.14. The quantitative estimate of drug-likeness (QED) is 0.579. The largest absolute Gasteiger partial charge is 0.378 e. The summed E-state index contributed by atoms with van der Waals surface area (Å²) in [6, 6.07) is 3.60.